The Morgan fingerprint density at radius 1 is 1.33 bits per heavy atom. The van der Waals surface area contributed by atoms with E-state index >= 15 is 0 Å². The van der Waals surface area contributed by atoms with E-state index in [0.717, 1.165) is 24.2 Å². The van der Waals surface area contributed by atoms with Crippen molar-refractivity contribution in [3.63, 3.8) is 0 Å². The van der Waals surface area contributed by atoms with Gasteiger partial charge in [0.25, 0.3) is 0 Å². The van der Waals surface area contributed by atoms with Crippen molar-refractivity contribution < 1.29 is 4.74 Å². The minimum atomic E-state index is 0.602. The van der Waals surface area contributed by atoms with Crippen LogP contribution in [-0.2, 0) is 6.42 Å². The molecule has 0 spiro atoms. The molecule has 1 rings (SSSR count). The zero-order chi connectivity index (χ0) is 13.7. The molecule has 0 aliphatic carbocycles. The molecule has 0 saturated heterocycles. The van der Waals surface area contributed by atoms with Crippen molar-refractivity contribution in [3.05, 3.63) is 23.0 Å². The number of alkyl halides is 1. The molecule has 0 bridgehead atoms. The summed E-state index contributed by atoms with van der Waals surface area (Å²) in [5.41, 5.74) is 3.47. The molecular weight excluding hydrogens is 290 g/mol. The van der Waals surface area contributed by atoms with E-state index in [0.29, 0.717) is 10.7 Å². The van der Waals surface area contributed by atoms with Gasteiger partial charge in [-0.05, 0) is 39.0 Å². The molecule has 1 atom stereocenters. The van der Waals surface area contributed by atoms with E-state index in [9.17, 15) is 0 Å². The Bertz CT molecular complexity index is 390. The van der Waals surface area contributed by atoms with Gasteiger partial charge in [0.1, 0.15) is 5.75 Å². The molecule has 0 aromatic carbocycles. The van der Waals surface area contributed by atoms with Crippen LogP contribution in [0, 0.1) is 19.8 Å². The number of rotatable bonds is 6. The lowest BCUT2D eigenvalue weighted by atomic mass is 10.0. The number of methoxy groups -OCH3 is 1. The SMILES string of the molecule is COc1c(C)cnc(CCCC(Br)C(C)C)c1C. The molecule has 1 unspecified atom stereocenters. The van der Waals surface area contributed by atoms with Gasteiger partial charge in [-0.2, -0.15) is 0 Å². The van der Waals surface area contributed by atoms with Crippen LogP contribution in [0.3, 0.4) is 0 Å². The summed E-state index contributed by atoms with van der Waals surface area (Å²) in [6.45, 7) is 8.63. The van der Waals surface area contributed by atoms with Crippen LogP contribution >= 0.6 is 15.9 Å². The van der Waals surface area contributed by atoms with Crippen LogP contribution in [0.1, 0.15) is 43.5 Å². The Morgan fingerprint density at radius 2 is 2.00 bits per heavy atom. The fourth-order valence-electron chi connectivity index (χ4n) is 2.12. The highest BCUT2D eigenvalue weighted by atomic mass is 79.9. The van der Waals surface area contributed by atoms with Crippen molar-refractivity contribution in [2.75, 3.05) is 7.11 Å². The van der Waals surface area contributed by atoms with Crippen molar-refractivity contribution in [1.29, 1.82) is 0 Å². The standard InChI is InChI=1S/C15H24BrNO/c1-10(2)13(16)7-6-8-14-12(4)15(18-5)11(3)9-17-14/h9-10,13H,6-8H2,1-5H3. The second-order valence-electron chi connectivity index (χ2n) is 5.20. The Balaban J connectivity index is 2.63. The van der Waals surface area contributed by atoms with Gasteiger partial charge in [-0.3, -0.25) is 4.98 Å². The molecule has 1 heterocycles. The summed E-state index contributed by atoms with van der Waals surface area (Å²) in [5, 5.41) is 0. The average molecular weight is 314 g/mol. The Labute approximate surface area is 119 Å². The van der Waals surface area contributed by atoms with Crippen LogP contribution in [0.25, 0.3) is 0 Å². The number of aromatic nitrogens is 1. The van der Waals surface area contributed by atoms with Gasteiger partial charge >= 0.3 is 0 Å². The maximum absolute atomic E-state index is 5.43. The van der Waals surface area contributed by atoms with Crippen LogP contribution < -0.4 is 4.74 Å². The first-order valence-electron chi connectivity index (χ1n) is 6.60. The van der Waals surface area contributed by atoms with E-state index in [4.69, 9.17) is 4.74 Å². The molecule has 3 heteroatoms. The molecule has 0 aliphatic heterocycles. The van der Waals surface area contributed by atoms with Gasteiger partial charge in [0, 0.05) is 27.8 Å². The van der Waals surface area contributed by atoms with Gasteiger partial charge in [0.15, 0.2) is 0 Å². The largest absolute Gasteiger partial charge is 0.496 e. The summed E-state index contributed by atoms with van der Waals surface area (Å²) in [7, 11) is 1.73. The highest BCUT2D eigenvalue weighted by Crippen LogP contribution is 2.26. The fourth-order valence-corrected chi connectivity index (χ4v) is 2.44. The van der Waals surface area contributed by atoms with Gasteiger partial charge in [-0.25, -0.2) is 0 Å². The van der Waals surface area contributed by atoms with Gasteiger partial charge in [0.05, 0.1) is 7.11 Å². The average Bonchev–Trinajstić information content (AvgIpc) is 2.32. The van der Waals surface area contributed by atoms with E-state index in [2.05, 4.69) is 41.7 Å². The van der Waals surface area contributed by atoms with E-state index in [1.54, 1.807) is 7.11 Å². The fraction of sp³-hybridized carbons (Fsp3) is 0.667. The van der Waals surface area contributed by atoms with Crippen molar-refractivity contribution in [2.24, 2.45) is 5.92 Å². The van der Waals surface area contributed by atoms with Crippen molar-refractivity contribution in [3.8, 4) is 5.75 Å². The summed E-state index contributed by atoms with van der Waals surface area (Å²) < 4.78 is 5.43. The predicted molar refractivity (Wildman–Crippen MR) is 80.8 cm³/mol. The summed E-state index contributed by atoms with van der Waals surface area (Å²) in [6.07, 6.45) is 5.29. The summed E-state index contributed by atoms with van der Waals surface area (Å²) in [5.74, 6) is 1.67. The minimum absolute atomic E-state index is 0.602. The molecule has 2 nitrogen and oxygen atoms in total. The number of hydrogen-bond donors (Lipinski definition) is 0. The van der Waals surface area contributed by atoms with Crippen LogP contribution in [0.5, 0.6) is 5.75 Å². The van der Waals surface area contributed by atoms with E-state index in [-0.39, 0.29) is 0 Å². The van der Waals surface area contributed by atoms with Crippen LogP contribution in [0.2, 0.25) is 0 Å². The molecule has 0 N–H and O–H groups in total. The van der Waals surface area contributed by atoms with Crippen LogP contribution in [0.15, 0.2) is 6.20 Å². The molecule has 18 heavy (non-hydrogen) atoms. The monoisotopic (exact) mass is 313 g/mol. The molecule has 0 fully saturated rings. The first kappa shape index (κ1) is 15.5. The zero-order valence-corrected chi connectivity index (χ0v) is 13.7. The minimum Gasteiger partial charge on any atom is -0.496 e. The molecule has 0 radical (unpaired) electrons. The van der Waals surface area contributed by atoms with Crippen molar-refractivity contribution in [2.45, 2.75) is 51.8 Å². The number of aryl methyl sites for hydroxylation is 2. The van der Waals surface area contributed by atoms with E-state index < -0.39 is 0 Å². The lowest BCUT2D eigenvalue weighted by molar-refractivity contribution is 0.406. The lowest BCUT2D eigenvalue weighted by Gasteiger charge is -2.15. The van der Waals surface area contributed by atoms with Crippen LogP contribution in [-0.4, -0.2) is 16.9 Å². The van der Waals surface area contributed by atoms with Crippen molar-refractivity contribution >= 4 is 15.9 Å². The number of ether oxygens (including phenoxy) is 1. The number of nitrogens with zero attached hydrogens (tertiary/aromatic N) is 1. The normalized spacial score (nSPS) is 12.8. The van der Waals surface area contributed by atoms with E-state index in [1.165, 1.54) is 17.7 Å². The molecule has 0 saturated carbocycles. The Kier molecular flexibility index (Phi) is 6.13. The summed E-state index contributed by atoms with van der Waals surface area (Å²) >= 11 is 3.73. The predicted octanol–water partition coefficient (Wildman–Crippen LogP) is 4.45. The second kappa shape index (κ2) is 7.13. The molecule has 0 aliphatic rings. The van der Waals surface area contributed by atoms with Crippen LogP contribution in [0.4, 0.5) is 0 Å². The zero-order valence-electron chi connectivity index (χ0n) is 12.1. The third-order valence-electron chi connectivity index (χ3n) is 3.37. The van der Waals surface area contributed by atoms with Gasteiger partial charge < -0.3 is 4.74 Å². The maximum atomic E-state index is 5.43. The quantitative estimate of drug-likeness (QED) is 0.724. The van der Waals surface area contributed by atoms with E-state index in [1.807, 2.05) is 13.1 Å². The molecule has 1 aromatic rings. The number of hydrogen-bond acceptors (Lipinski definition) is 2. The third kappa shape index (κ3) is 3.98. The van der Waals surface area contributed by atoms with Gasteiger partial charge in [-0.15, -0.1) is 0 Å². The molecule has 1 aromatic heterocycles. The van der Waals surface area contributed by atoms with Gasteiger partial charge in [0.2, 0.25) is 0 Å². The Hall–Kier alpha value is -0.570. The topological polar surface area (TPSA) is 22.1 Å². The van der Waals surface area contributed by atoms with Crippen molar-refractivity contribution in [1.82, 2.24) is 4.98 Å². The molecule has 0 amide bonds. The second-order valence-corrected chi connectivity index (χ2v) is 6.37. The third-order valence-corrected chi connectivity index (χ3v) is 4.88. The Morgan fingerprint density at radius 3 is 2.56 bits per heavy atom. The summed E-state index contributed by atoms with van der Waals surface area (Å²) in [4.78, 5) is 5.13. The summed E-state index contributed by atoms with van der Waals surface area (Å²) in [6, 6.07) is 0. The first-order valence-corrected chi connectivity index (χ1v) is 7.52. The molecular formula is C15H24BrNO. The van der Waals surface area contributed by atoms with Gasteiger partial charge in [-0.1, -0.05) is 29.8 Å². The smallest absolute Gasteiger partial charge is 0.128 e. The maximum Gasteiger partial charge on any atom is 0.128 e. The lowest BCUT2D eigenvalue weighted by Crippen LogP contribution is -2.08. The highest BCUT2D eigenvalue weighted by Gasteiger charge is 2.12. The highest BCUT2D eigenvalue weighted by molar-refractivity contribution is 9.09. The molecule has 102 valence electrons. The number of halogens is 1. The first-order chi connectivity index (χ1) is 8.47. The number of pyridine rings is 1.